The number of nitrogens with one attached hydrogen (secondary N) is 1. The van der Waals surface area contributed by atoms with Crippen molar-refractivity contribution in [3.05, 3.63) is 34.3 Å². The summed E-state index contributed by atoms with van der Waals surface area (Å²) in [7, 11) is 0. The number of hydrogen-bond acceptors (Lipinski definition) is 3. The molecule has 4 heteroatoms. The van der Waals surface area contributed by atoms with Crippen molar-refractivity contribution in [2.45, 2.75) is 44.7 Å². The lowest BCUT2D eigenvalue weighted by Crippen LogP contribution is -2.54. The van der Waals surface area contributed by atoms with Gasteiger partial charge < -0.3 is 16.2 Å². The first kappa shape index (κ1) is 16.6. The third-order valence-electron chi connectivity index (χ3n) is 3.48. The predicted molar refractivity (Wildman–Crippen MR) is 84.2 cm³/mol. The van der Waals surface area contributed by atoms with E-state index in [9.17, 15) is 0 Å². The van der Waals surface area contributed by atoms with Crippen molar-refractivity contribution in [1.29, 1.82) is 0 Å². The molecule has 0 aliphatic carbocycles. The molecule has 19 heavy (non-hydrogen) atoms. The van der Waals surface area contributed by atoms with Crippen LogP contribution < -0.4 is 11.1 Å². The Morgan fingerprint density at radius 3 is 2.47 bits per heavy atom. The first-order chi connectivity index (χ1) is 9.03. The van der Waals surface area contributed by atoms with E-state index in [1.54, 1.807) is 0 Å². The van der Waals surface area contributed by atoms with E-state index in [2.05, 4.69) is 59.4 Å². The summed E-state index contributed by atoms with van der Waals surface area (Å²) in [6, 6.07) is 8.66. The monoisotopic (exact) mass is 328 g/mol. The lowest BCUT2D eigenvalue weighted by atomic mass is 9.91. The average Bonchev–Trinajstić information content (AvgIpc) is 2.41. The lowest BCUT2D eigenvalue weighted by molar-refractivity contribution is 0.233. The highest BCUT2D eigenvalue weighted by molar-refractivity contribution is 9.10. The van der Waals surface area contributed by atoms with Crippen molar-refractivity contribution >= 4 is 15.9 Å². The fourth-order valence-electron chi connectivity index (χ4n) is 2.26. The van der Waals surface area contributed by atoms with E-state index < -0.39 is 0 Å². The third kappa shape index (κ3) is 5.61. The van der Waals surface area contributed by atoms with Crippen LogP contribution in [0.15, 0.2) is 28.7 Å². The average molecular weight is 329 g/mol. The second-order valence-corrected chi connectivity index (χ2v) is 6.25. The Hall–Kier alpha value is -0.420. The molecule has 0 aromatic heterocycles. The molecule has 0 heterocycles. The van der Waals surface area contributed by atoms with Crippen LogP contribution in [0, 0.1) is 0 Å². The van der Waals surface area contributed by atoms with E-state index >= 15 is 0 Å². The molecule has 0 aliphatic heterocycles. The van der Waals surface area contributed by atoms with E-state index in [1.165, 1.54) is 5.56 Å². The largest absolute Gasteiger partial charge is 0.396 e. The van der Waals surface area contributed by atoms with Crippen LogP contribution in [0.2, 0.25) is 0 Å². The summed E-state index contributed by atoms with van der Waals surface area (Å²) in [5, 5.41) is 12.7. The van der Waals surface area contributed by atoms with Crippen LogP contribution in [-0.2, 0) is 6.42 Å². The normalized spacial score (nSPS) is 16.1. The number of benzene rings is 1. The molecule has 0 fully saturated rings. The second-order valence-electron chi connectivity index (χ2n) is 5.33. The van der Waals surface area contributed by atoms with Gasteiger partial charge in [-0.15, -0.1) is 0 Å². The number of aliphatic hydroxyl groups excluding tert-OH is 1. The van der Waals surface area contributed by atoms with Crippen LogP contribution in [-0.4, -0.2) is 29.8 Å². The van der Waals surface area contributed by atoms with E-state index in [4.69, 9.17) is 10.8 Å². The Balaban J connectivity index is 2.70. The van der Waals surface area contributed by atoms with Crippen molar-refractivity contribution in [2.75, 3.05) is 13.2 Å². The summed E-state index contributed by atoms with van der Waals surface area (Å²) in [4.78, 5) is 0. The maximum atomic E-state index is 9.08. The molecule has 2 unspecified atom stereocenters. The van der Waals surface area contributed by atoms with E-state index in [0.29, 0.717) is 12.6 Å². The first-order valence-electron chi connectivity index (χ1n) is 6.86. The SMILES string of the molecule is CCC(CCO)NC(C)(CN)Cc1ccc(Br)cc1. The van der Waals surface area contributed by atoms with Crippen LogP contribution in [0.5, 0.6) is 0 Å². The van der Waals surface area contributed by atoms with E-state index in [-0.39, 0.29) is 12.1 Å². The van der Waals surface area contributed by atoms with Gasteiger partial charge in [0.15, 0.2) is 0 Å². The fraction of sp³-hybridized carbons (Fsp3) is 0.600. The molecule has 1 rings (SSSR count). The second kappa shape index (κ2) is 8.00. The molecule has 0 radical (unpaired) electrons. The number of aliphatic hydroxyl groups is 1. The zero-order valence-electron chi connectivity index (χ0n) is 11.8. The molecule has 0 amide bonds. The van der Waals surface area contributed by atoms with Crippen LogP contribution in [0.25, 0.3) is 0 Å². The lowest BCUT2D eigenvalue weighted by Gasteiger charge is -2.34. The van der Waals surface area contributed by atoms with Crippen molar-refractivity contribution in [3.63, 3.8) is 0 Å². The minimum absolute atomic E-state index is 0.135. The van der Waals surface area contributed by atoms with Gasteiger partial charge in [0.1, 0.15) is 0 Å². The van der Waals surface area contributed by atoms with Gasteiger partial charge in [0.05, 0.1) is 0 Å². The third-order valence-corrected chi connectivity index (χ3v) is 4.01. The summed E-state index contributed by atoms with van der Waals surface area (Å²) in [6.45, 7) is 5.06. The van der Waals surface area contributed by atoms with Crippen molar-refractivity contribution < 1.29 is 5.11 Å². The van der Waals surface area contributed by atoms with E-state index in [1.807, 2.05) is 0 Å². The van der Waals surface area contributed by atoms with Gasteiger partial charge in [-0.3, -0.25) is 0 Å². The maximum absolute atomic E-state index is 9.08. The topological polar surface area (TPSA) is 58.3 Å². The Morgan fingerprint density at radius 2 is 2.00 bits per heavy atom. The van der Waals surface area contributed by atoms with Gasteiger partial charge in [-0.05, 0) is 43.9 Å². The van der Waals surface area contributed by atoms with E-state index in [0.717, 1.165) is 23.7 Å². The van der Waals surface area contributed by atoms with Gasteiger partial charge in [-0.25, -0.2) is 0 Å². The summed E-state index contributed by atoms with van der Waals surface area (Å²) < 4.78 is 1.09. The molecule has 3 nitrogen and oxygen atoms in total. The van der Waals surface area contributed by atoms with Crippen molar-refractivity contribution in [3.8, 4) is 0 Å². The zero-order chi connectivity index (χ0) is 14.3. The number of hydrogen-bond donors (Lipinski definition) is 3. The molecule has 0 bridgehead atoms. The number of rotatable bonds is 8. The molecular formula is C15H25BrN2O. The minimum atomic E-state index is -0.135. The minimum Gasteiger partial charge on any atom is -0.396 e. The Kier molecular flexibility index (Phi) is 7.00. The van der Waals surface area contributed by atoms with Gasteiger partial charge in [-0.2, -0.15) is 0 Å². The Labute approximate surface area is 124 Å². The first-order valence-corrected chi connectivity index (χ1v) is 7.65. The van der Waals surface area contributed by atoms with Crippen LogP contribution in [0.3, 0.4) is 0 Å². The molecule has 4 N–H and O–H groups in total. The van der Waals surface area contributed by atoms with Gasteiger partial charge >= 0.3 is 0 Å². The summed E-state index contributed by atoms with van der Waals surface area (Å²) in [6.07, 6.45) is 2.65. The standard InChI is InChI=1S/C15H25BrN2O/c1-3-14(8-9-19)18-15(2,11-17)10-12-4-6-13(16)7-5-12/h4-7,14,18-19H,3,8-11,17H2,1-2H3. The fourth-order valence-corrected chi connectivity index (χ4v) is 2.53. The highest BCUT2D eigenvalue weighted by Crippen LogP contribution is 2.17. The van der Waals surface area contributed by atoms with Crippen molar-refractivity contribution in [2.24, 2.45) is 5.73 Å². The van der Waals surface area contributed by atoms with Crippen LogP contribution in [0.1, 0.15) is 32.3 Å². The summed E-state index contributed by atoms with van der Waals surface area (Å²) >= 11 is 3.45. The molecule has 0 aliphatic rings. The summed E-state index contributed by atoms with van der Waals surface area (Å²) in [5.74, 6) is 0. The maximum Gasteiger partial charge on any atom is 0.0445 e. The van der Waals surface area contributed by atoms with Crippen LogP contribution >= 0.6 is 15.9 Å². The molecule has 108 valence electrons. The molecular weight excluding hydrogens is 304 g/mol. The summed E-state index contributed by atoms with van der Waals surface area (Å²) in [5.41, 5.74) is 7.08. The van der Waals surface area contributed by atoms with Crippen LogP contribution in [0.4, 0.5) is 0 Å². The molecule has 0 saturated heterocycles. The molecule has 1 aromatic rings. The number of halogens is 1. The Bertz CT molecular complexity index is 369. The molecule has 0 spiro atoms. The number of nitrogens with two attached hydrogens (primary N) is 1. The van der Waals surface area contributed by atoms with Gasteiger partial charge in [0, 0.05) is 29.2 Å². The molecule has 2 atom stereocenters. The highest BCUT2D eigenvalue weighted by Gasteiger charge is 2.25. The van der Waals surface area contributed by atoms with Gasteiger partial charge in [-0.1, -0.05) is 35.0 Å². The van der Waals surface area contributed by atoms with Gasteiger partial charge in [0.2, 0.25) is 0 Å². The quantitative estimate of drug-likeness (QED) is 0.687. The predicted octanol–water partition coefficient (Wildman–Crippen LogP) is 2.46. The Morgan fingerprint density at radius 1 is 1.37 bits per heavy atom. The molecule has 1 aromatic carbocycles. The van der Waals surface area contributed by atoms with Gasteiger partial charge in [0.25, 0.3) is 0 Å². The van der Waals surface area contributed by atoms with Crippen molar-refractivity contribution in [1.82, 2.24) is 5.32 Å². The molecule has 0 saturated carbocycles. The highest BCUT2D eigenvalue weighted by atomic mass is 79.9. The zero-order valence-corrected chi connectivity index (χ0v) is 13.4. The smallest absolute Gasteiger partial charge is 0.0445 e.